The van der Waals surface area contributed by atoms with Crippen molar-refractivity contribution in [2.75, 3.05) is 0 Å². The highest BCUT2D eigenvalue weighted by molar-refractivity contribution is 9.10. The first-order valence-electron chi connectivity index (χ1n) is 9.60. The Morgan fingerprint density at radius 3 is 1.84 bits per heavy atom. The second-order valence-electron chi connectivity index (χ2n) is 7.38. The first kappa shape index (κ1) is 24.1. The Morgan fingerprint density at radius 2 is 1.34 bits per heavy atom. The minimum absolute atomic E-state index is 0. The number of carbonyl (C=O) groups excluding carboxylic acids is 1. The van der Waals surface area contributed by atoms with Crippen molar-refractivity contribution in [2.45, 2.75) is 18.0 Å². The van der Waals surface area contributed by atoms with Crippen LogP contribution in [0.5, 0.6) is 0 Å². The number of rotatable bonds is 3. The molecule has 1 amide bonds. The van der Waals surface area contributed by atoms with E-state index in [0.29, 0.717) is 5.56 Å². The third-order valence-electron chi connectivity index (χ3n) is 5.68. The summed E-state index contributed by atoms with van der Waals surface area (Å²) < 4.78 is 3.52. The number of piperidine rings is 1. The zero-order chi connectivity index (χ0) is 22.0. The molecule has 0 radical (unpaired) electrons. The van der Waals surface area contributed by atoms with Gasteiger partial charge in [-0.1, -0.05) is 62.2 Å². The van der Waals surface area contributed by atoms with Crippen LogP contribution in [0.4, 0.5) is 0 Å². The monoisotopic (exact) mass is 614 g/mol. The zero-order valence-corrected chi connectivity index (χ0v) is 21.4. The van der Waals surface area contributed by atoms with E-state index in [4.69, 9.17) is 0 Å². The normalized spacial score (nSPS) is 21.4. The standard InChI is InChI=1S/C24H16Br2N4O.BrH/c25-18-8-4-16(5-9-18)20-21(30-12-2-1-3-13-30)23(31)29-22(24(20,14-27)15-28)17-6-10-19(26)11-7-17;/h1-13,20-22H;1H. The van der Waals surface area contributed by atoms with E-state index in [0.717, 1.165) is 14.5 Å². The summed E-state index contributed by atoms with van der Waals surface area (Å²) in [4.78, 5) is 13.4. The summed E-state index contributed by atoms with van der Waals surface area (Å²) in [5.74, 6) is -0.927. The Hall–Kier alpha value is -2.52. The van der Waals surface area contributed by atoms with Crippen molar-refractivity contribution >= 4 is 37.8 Å². The van der Waals surface area contributed by atoms with E-state index < -0.39 is 23.4 Å². The lowest BCUT2D eigenvalue weighted by molar-refractivity contribution is -0.714. The molecule has 3 aromatic rings. The Labute approximate surface area is 213 Å². The lowest BCUT2D eigenvalue weighted by Crippen LogP contribution is -3.00. The van der Waals surface area contributed by atoms with E-state index in [1.54, 1.807) is 17.0 Å². The molecule has 160 valence electrons. The molecule has 32 heavy (non-hydrogen) atoms. The number of nitrogens with zero attached hydrogens (tertiary/aromatic N) is 3. The maximum Gasteiger partial charge on any atom is 0.290 e. The molecule has 0 aliphatic carbocycles. The highest BCUT2D eigenvalue weighted by Gasteiger charge is 2.61. The molecule has 1 aromatic heterocycles. The van der Waals surface area contributed by atoms with Crippen molar-refractivity contribution in [3.63, 3.8) is 0 Å². The van der Waals surface area contributed by atoms with Gasteiger partial charge < -0.3 is 22.3 Å². The second-order valence-corrected chi connectivity index (χ2v) is 9.21. The fourth-order valence-electron chi connectivity index (χ4n) is 4.24. The van der Waals surface area contributed by atoms with Gasteiger partial charge in [-0.05, 0) is 35.4 Å². The summed E-state index contributed by atoms with van der Waals surface area (Å²) in [6, 6.07) is 23.4. The lowest BCUT2D eigenvalue weighted by atomic mass is 9.62. The van der Waals surface area contributed by atoms with Gasteiger partial charge in [-0.3, -0.25) is 4.79 Å². The molecule has 1 fully saturated rings. The number of carbonyl (C=O) groups is 1. The second kappa shape index (κ2) is 9.95. The summed E-state index contributed by atoms with van der Waals surface area (Å²) in [7, 11) is 0. The van der Waals surface area contributed by atoms with Gasteiger partial charge in [-0.2, -0.15) is 15.1 Å². The minimum atomic E-state index is -1.52. The summed E-state index contributed by atoms with van der Waals surface area (Å²) >= 11 is 6.85. The Morgan fingerprint density at radius 1 is 0.844 bits per heavy atom. The van der Waals surface area contributed by atoms with Crippen LogP contribution in [-0.2, 0) is 4.79 Å². The topological polar surface area (TPSA) is 80.6 Å². The third-order valence-corrected chi connectivity index (χ3v) is 6.74. The zero-order valence-electron chi connectivity index (χ0n) is 16.6. The van der Waals surface area contributed by atoms with Gasteiger partial charge in [0.2, 0.25) is 6.04 Å². The van der Waals surface area contributed by atoms with Crippen molar-refractivity contribution in [2.24, 2.45) is 5.41 Å². The number of hydrogen-bond donors (Lipinski definition) is 1. The van der Waals surface area contributed by atoms with E-state index in [2.05, 4.69) is 49.3 Å². The van der Waals surface area contributed by atoms with Gasteiger partial charge in [-0.15, -0.1) is 0 Å². The van der Waals surface area contributed by atoms with Crippen LogP contribution >= 0.6 is 31.9 Å². The lowest BCUT2D eigenvalue weighted by Gasteiger charge is -2.42. The number of aromatic nitrogens is 1. The minimum Gasteiger partial charge on any atom is -1.00 e. The number of nitrogens with one attached hydrogen (secondary N) is 1. The fraction of sp³-hybridized carbons (Fsp3) is 0.167. The Kier molecular flexibility index (Phi) is 7.51. The molecule has 1 saturated heterocycles. The first-order valence-corrected chi connectivity index (χ1v) is 11.2. The quantitative estimate of drug-likeness (QED) is 0.456. The molecular weight excluding hydrogens is 600 g/mol. The van der Waals surface area contributed by atoms with Gasteiger partial charge in [0.05, 0.1) is 24.1 Å². The first-order chi connectivity index (χ1) is 15.0. The van der Waals surface area contributed by atoms with Gasteiger partial charge >= 0.3 is 0 Å². The molecule has 4 rings (SSSR count). The van der Waals surface area contributed by atoms with E-state index in [9.17, 15) is 15.3 Å². The highest BCUT2D eigenvalue weighted by atomic mass is 79.9. The predicted molar refractivity (Wildman–Crippen MR) is 121 cm³/mol. The average Bonchev–Trinajstić information content (AvgIpc) is 2.80. The van der Waals surface area contributed by atoms with Crippen LogP contribution in [0.3, 0.4) is 0 Å². The molecule has 3 unspecified atom stereocenters. The third kappa shape index (κ3) is 4.23. The van der Waals surface area contributed by atoms with Gasteiger partial charge in [0.1, 0.15) is 0 Å². The van der Waals surface area contributed by atoms with Crippen LogP contribution in [0, 0.1) is 28.1 Å². The van der Waals surface area contributed by atoms with Crippen LogP contribution in [-0.4, -0.2) is 5.91 Å². The predicted octanol–water partition coefficient (Wildman–Crippen LogP) is 1.73. The summed E-state index contributed by atoms with van der Waals surface area (Å²) in [6.07, 6.45) is 3.57. The molecule has 1 N–H and O–H groups in total. The van der Waals surface area contributed by atoms with Gasteiger partial charge in [0.25, 0.3) is 5.91 Å². The number of halogens is 3. The molecule has 3 atom stereocenters. The van der Waals surface area contributed by atoms with Crippen LogP contribution < -0.4 is 26.9 Å². The smallest absolute Gasteiger partial charge is 0.290 e. The summed E-state index contributed by atoms with van der Waals surface area (Å²) in [5, 5.41) is 23.8. The molecule has 8 heteroatoms. The molecule has 2 heterocycles. The molecule has 0 spiro atoms. The van der Waals surface area contributed by atoms with Crippen molar-refractivity contribution in [3.05, 3.63) is 99.2 Å². The molecule has 0 bridgehead atoms. The number of amides is 1. The number of nitriles is 2. The summed E-state index contributed by atoms with van der Waals surface area (Å²) in [5.41, 5.74) is -0.0637. The van der Waals surface area contributed by atoms with E-state index >= 15 is 0 Å². The molecular formula is C24H17Br3N4O. The number of pyridine rings is 1. The maximum absolute atomic E-state index is 13.4. The largest absolute Gasteiger partial charge is 1.00 e. The number of hydrogen-bond acceptors (Lipinski definition) is 3. The summed E-state index contributed by atoms with van der Waals surface area (Å²) in [6.45, 7) is 0. The Bertz CT molecular complexity index is 1170. The van der Waals surface area contributed by atoms with E-state index in [1.807, 2.05) is 66.7 Å². The van der Waals surface area contributed by atoms with Crippen LogP contribution in [0.1, 0.15) is 29.1 Å². The molecule has 1 aliphatic heterocycles. The van der Waals surface area contributed by atoms with Crippen LogP contribution in [0.2, 0.25) is 0 Å². The van der Waals surface area contributed by atoms with Crippen molar-refractivity contribution in [3.8, 4) is 12.1 Å². The average molecular weight is 617 g/mol. The SMILES string of the molecule is N#CC1(C#N)C(c2ccc(Br)cc2)NC(=O)C([n+]2ccccc2)C1c1ccc(Br)cc1.[Br-]. The maximum atomic E-state index is 13.4. The fourth-order valence-corrected chi connectivity index (χ4v) is 4.76. The van der Waals surface area contributed by atoms with E-state index in [-0.39, 0.29) is 22.9 Å². The van der Waals surface area contributed by atoms with Gasteiger partial charge in [0, 0.05) is 21.1 Å². The van der Waals surface area contributed by atoms with E-state index in [1.165, 1.54) is 0 Å². The van der Waals surface area contributed by atoms with Crippen molar-refractivity contribution < 1.29 is 26.3 Å². The Balaban J connectivity index is 0.00000289. The number of benzene rings is 2. The van der Waals surface area contributed by atoms with Gasteiger partial charge in [0.15, 0.2) is 17.8 Å². The van der Waals surface area contributed by atoms with Crippen LogP contribution in [0.15, 0.2) is 88.1 Å². The highest BCUT2D eigenvalue weighted by Crippen LogP contribution is 2.52. The van der Waals surface area contributed by atoms with Crippen LogP contribution in [0.25, 0.3) is 0 Å². The molecule has 2 aromatic carbocycles. The molecule has 5 nitrogen and oxygen atoms in total. The van der Waals surface area contributed by atoms with Crippen molar-refractivity contribution in [1.82, 2.24) is 5.32 Å². The molecule has 1 aliphatic rings. The van der Waals surface area contributed by atoms with Crippen molar-refractivity contribution in [1.29, 1.82) is 10.5 Å². The molecule has 0 saturated carbocycles. The van der Waals surface area contributed by atoms with Gasteiger partial charge in [-0.25, -0.2) is 0 Å².